The lowest BCUT2D eigenvalue weighted by Crippen LogP contribution is -1.96. The van der Waals surface area contributed by atoms with Gasteiger partial charge in [-0.2, -0.15) is 16.9 Å². The maximum atomic E-state index is 5.80. The minimum Gasteiger partial charge on any atom is -0.384 e. The van der Waals surface area contributed by atoms with Crippen molar-refractivity contribution in [3.63, 3.8) is 0 Å². The number of nitrogens with two attached hydrogens (primary N) is 1. The van der Waals surface area contributed by atoms with Crippen molar-refractivity contribution in [3.05, 3.63) is 22.6 Å². The van der Waals surface area contributed by atoms with Crippen molar-refractivity contribution >= 4 is 28.9 Å². The summed E-state index contributed by atoms with van der Waals surface area (Å²) >= 11 is 3.88. The van der Waals surface area contributed by atoms with E-state index in [4.69, 9.17) is 5.73 Å². The number of nitrogens with zero attached hydrogens (tertiary/aromatic N) is 2. The van der Waals surface area contributed by atoms with Crippen molar-refractivity contribution in [2.45, 2.75) is 12.2 Å². The predicted octanol–water partition coefficient (Wildman–Crippen LogP) is 2.52. The van der Waals surface area contributed by atoms with Gasteiger partial charge in [-0.3, -0.25) is 4.68 Å². The summed E-state index contributed by atoms with van der Waals surface area (Å²) in [7, 11) is 1.88. The summed E-state index contributed by atoms with van der Waals surface area (Å²) in [6, 6.07) is 4.22. The molecule has 5 heteroatoms. The van der Waals surface area contributed by atoms with Crippen molar-refractivity contribution in [3.8, 4) is 10.6 Å². The van der Waals surface area contributed by atoms with Gasteiger partial charge in [0.1, 0.15) is 11.5 Å². The highest BCUT2D eigenvalue weighted by molar-refractivity contribution is 7.98. The van der Waals surface area contributed by atoms with E-state index < -0.39 is 0 Å². The summed E-state index contributed by atoms with van der Waals surface area (Å²) in [4.78, 5) is 2.78. The van der Waals surface area contributed by atoms with Crippen molar-refractivity contribution < 1.29 is 0 Å². The number of rotatable bonds is 1. The molecule has 1 aliphatic heterocycles. The first-order chi connectivity index (χ1) is 7.74. The van der Waals surface area contributed by atoms with Crippen LogP contribution in [0, 0.1) is 0 Å². The van der Waals surface area contributed by atoms with Gasteiger partial charge >= 0.3 is 0 Å². The number of thioether (sulfide) groups is 1. The van der Waals surface area contributed by atoms with Crippen LogP contribution >= 0.6 is 23.1 Å². The molecule has 0 bridgehead atoms. The lowest BCUT2D eigenvalue weighted by atomic mass is 10.2. The van der Waals surface area contributed by atoms with E-state index in [2.05, 4.69) is 11.2 Å². The summed E-state index contributed by atoms with van der Waals surface area (Å²) in [5.74, 6) is 3.11. The Kier molecular flexibility index (Phi) is 2.44. The molecule has 3 heterocycles. The van der Waals surface area contributed by atoms with E-state index in [1.54, 1.807) is 4.68 Å². The topological polar surface area (TPSA) is 43.8 Å². The van der Waals surface area contributed by atoms with Crippen LogP contribution in [0.5, 0.6) is 0 Å². The second-order valence-electron chi connectivity index (χ2n) is 3.94. The highest BCUT2D eigenvalue weighted by atomic mass is 32.2. The fraction of sp³-hybridized carbons (Fsp3) is 0.364. The van der Waals surface area contributed by atoms with Crippen LogP contribution in [0.2, 0.25) is 0 Å². The molecule has 16 heavy (non-hydrogen) atoms. The van der Waals surface area contributed by atoms with Crippen molar-refractivity contribution in [2.75, 3.05) is 11.5 Å². The molecule has 3 nitrogen and oxygen atoms in total. The van der Waals surface area contributed by atoms with E-state index in [9.17, 15) is 0 Å². The maximum absolute atomic E-state index is 5.80. The zero-order valence-electron chi connectivity index (χ0n) is 9.06. The summed E-state index contributed by atoms with van der Waals surface area (Å²) < 4.78 is 1.72. The lowest BCUT2D eigenvalue weighted by molar-refractivity contribution is 0.783. The van der Waals surface area contributed by atoms with E-state index >= 15 is 0 Å². The van der Waals surface area contributed by atoms with Gasteiger partial charge in [-0.15, -0.1) is 11.3 Å². The molecule has 0 radical (unpaired) electrons. The van der Waals surface area contributed by atoms with Gasteiger partial charge in [0.25, 0.3) is 0 Å². The molecule has 0 saturated heterocycles. The number of aryl methyl sites for hydroxylation is 2. The monoisotopic (exact) mass is 251 g/mol. The molecular formula is C11H13N3S2. The minimum absolute atomic E-state index is 0.718. The van der Waals surface area contributed by atoms with Crippen LogP contribution in [-0.2, 0) is 19.2 Å². The standard InChI is InChI=1S/C11H13N3S2/c1-14-11(12)5-8(13-14)10-4-7-6-15-3-2-9(7)16-10/h4-5H,2-3,6,12H2,1H3. The van der Waals surface area contributed by atoms with Crippen LogP contribution < -0.4 is 5.73 Å². The first kappa shape index (κ1) is 10.2. The molecule has 0 amide bonds. The van der Waals surface area contributed by atoms with Crippen molar-refractivity contribution in [2.24, 2.45) is 7.05 Å². The van der Waals surface area contributed by atoms with Crippen LogP contribution in [0.3, 0.4) is 0 Å². The molecule has 0 atom stereocenters. The summed E-state index contributed by atoms with van der Waals surface area (Å²) in [5.41, 5.74) is 8.29. The smallest absolute Gasteiger partial charge is 0.121 e. The third kappa shape index (κ3) is 1.64. The van der Waals surface area contributed by atoms with Gasteiger partial charge in [-0.1, -0.05) is 0 Å². The summed E-state index contributed by atoms with van der Waals surface area (Å²) in [6.45, 7) is 0. The maximum Gasteiger partial charge on any atom is 0.121 e. The van der Waals surface area contributed by atoms with Crippen LogP contribution in [0.25, 0.3) is 10.6 Å². The van der Waals surface area contributed by atoms with Crippen LogP contribution in [0.15, 0.2) is 12.1 Å². The lowest BCUT2D eigenvalue weighted by Gasteiger charge is -2.08. The van der Waals surface area contributed by atoms with Gasteiger partial charge in [-0.25, -0.2) is 0 Å². The molecule has 0 aromatic carbocycles. The van der Waals surface area contributed by atoms with Crippen molar-refractivity contribution in [1.82, 2.24) is 9.78 Å². The Morgan fingerprint density at radius 1 is 1.44 bits per heavy atom. The minimum atomic E-state index is 0.718. The fourth-order valence-electron chi connectivity index (χ4n) is 1.88. The molecule has 1 aliphatic rings. The highest BCUT2D eigenvalue weighted by Gasteiger charge is 2.16. The molecule has 2 aromatic heterocycles. The zero-order chi connectivity index (χ0) is 11.1. The van der Waals surface area contributed by atoms with E-state index in [1.807, 2.05) is 36.2 Å². The van der Waals surface area contributed by atoms with E-state index in [0.29, 0.717) is 0 Å². The number of thiophene rings is 1. The number of nitrogen functional groups attached to an aromatic ring is 1. The zero-order valence-corrected chi connectivity index (χ0v) is 10.7. The quantitative estimate of drug-likeness (QED) is 0.847. The number of hydrogen-bond acceptors (Lipinski definition) is 4. The second-order valence-corrected chi connectivity index (χ2v) is 6.18. The SMILES string of the molecule is Cn1nc(-c2cc3c(s2)CCSC3)cc1N. The molecule has 0 saturated carbocycles. The second kappa shape index (κ2) is 3.82. The average Bonchev–Trinajstić information content (AvgIpc) is 2.83. The first-order valence-corrected chi connectivity index (χ1v) is 7.20. The van der Waals surface area contributed by atoms with Gasteiger partial charge in [-0.05, 0) is 23.8 Å². The molecule has 2 aromatic rings. The Morgan fingerprint density at radius 3 is 3.00 bits per heavy atom. The average molecular weight is 251 g/mol. The number of anilines is 1. The van der Waals surface area contributed by atoms with Gasteiger partial charge in [0.05, 0.1) is 4.88 Å². The van der Waals surface area contributed by atoms with Gasteiger partial charge in [0.15, 0.2) is 0 Å². The van der Waals surface area contributed by atoms with E-state index in [0.717, 1.165) is 17.3 Å². The number of hydrogen-bond donors (Lipinski definition) is 1. The Bertz CT molecular complexity index is 484. The number of aromatic nitrogens is 2. The van der Waals surface area contributed by atoms with Crippen molar-refractivity contribution in [1.29, 1.82) is 0 Å². The molecule has 0 unspecified atom stereocenters. The predicted molar refractivity (Wildman–Crippen MR) is 70.8 cm³/mol. The largest absolute Gasteiger partial charge is 0.384 e. The third-order valence-electron chi connectivity index (χ3n) is 2.80. The molecule has 3 rings (SSSR count). The van der Waals surface area contributed by atoms with E-state index in [-0.39, 0.29) is 0 Å². The third-order valence-corrected chi connectivity index (χ3v) is 5.06. The molecular weight excluding hydrogens is 238 g/mol. The van der Waals surface area contributed by atoms with Crippen LogP contribution in [0.4, 0.5) is 5.82 Å². The molecule has 0 aliphatic carbocycles. The van der Waals surface area contributed by atoms with E-state index in [1.165, 1.54) is 27.5 Å². The summed E-state index contributed by atoms with van der Waals surface area (Å²) in [6.07, 6.45) is 1.20. The first-order valence-electron chi connectivity index (χ1n) is 5.23. The van der Waals surface area contributed by atoms with Gasteiger partial charge < -0.3 is 5.73 Å². The summed E-state index contributed by atoms with van der Waals surface area (Å²) in [5, 5.41) is 4.42. The van der Waals surface area contributed by atoms with Crippen LogP contribution in [0.1, 0.15) is 10.4 Å². The van der Waals surface area contributed by atoms with Gasteiger partial charge in [0.2, 0.25) is 0 Å². The Hall–Kier alpha value is -0.940. The Balaban J connectivity index is 2.03. The Labute approximate surface area is 103 Å². The van der Waals surface area contributed by atoms with Crippen LogP contribution in [-0.4, -0.2) is 15.5 Å². The molecule has 84 valence electrons. The Morgan fingerprint density at radius 2 is 2.31 bits per heavy atom. The molecule has 2 N–H and O–H groups in total. The number of fused-ring (bicyclic) bond motifs is 1. The highest BCUT2D eigenvalue weighted by Crippen LogP contribution is 2.36. The molecule has 0 fully saturated rings. The normalized spacial score (nSPS) is 15.1. The van der Waals surface area contributed by atoms with Gasteiger partial charge in [0, 0.05) is 23.7 Å². The fourth-order valence-corrected chi connectivity index (χ4v) is 4.20. The molecule has 0 spiro atoms.